The Morgan fingerprint density at radius 2 is 0.816 bits per heavy atom. The first-order valence-corrected chi connectivity index (χ1v) is 17.5. The molecule has 6 nitrogen and oxygen atoms in total. The van der Waals surface area contributed by atoms with Gasteiger partial charge >= 0.3 is 17.1 Å². The van der Waals surface area contributed by atoms with Gasteiger partial charge in [-0.2, -0.15) is 0 Å². The van der Waals surface area contributed by atoms with Crippen LogP contribution in [0.25, 0.3) is 0 Å². The molecule has 2 aliphatic heterocycles. The molecule has 0 aromatic heterocycles. The van der Waals surface area contributed by atoms with Gasteiger partial charge in [-0.3, -0.25) is 0 Å². The minimum Gasteiger partial charge on any atom is -0.872 e. The van der Waals surface area contributed by atoms with E-state index in [1.807, 2.05) is 44.4 Å². The Balaban J connectivity index is 0.000000333. The molecule has 2 aliphatic rings. The van der Waals surface area contributed by atoms with Crippen molar-refractivity contribution in [1.29, 1.82) is 0 Å². The van der Waals surface area contributed by atoms with E-state index in [1.54, 1.807) is 0 Å². The van der Waals surface area contributed by atoms with Gasteiger partial charge in [0.1, 0.15) is 0 Å². The first kappa shape index (κ1) is 42.4. The number of benzene rings is 2. The summed E-state index contributed by atoms with van der Waals surface area (Å²) in [6, 6.07) is 9.07. The Hall–Kier alpha value is -2.76. The van der Waals surface area contributed by atoms with Gasteiger partial charge in [0.2, 0.25) is 13.3 Å². The van der Waals surface area contributed by atoms with Crippen LogP contribution in [0.2, 0.25) is 0 Å². The van der Waals surface area contributed by atoms with E-state index in [9.17, 15) is 10.2 Å². The first-order chi connectivity index (χ1) is 21.8. The standard InChI is InChI=1S/2C21H32N2O.Fe/c2*1-15(2)23-10-9-22(14-23)13-16-11-17(20(3,4)5)12-18(19(16)24)21(6,7)8;/h2*9-12,15,24H,13H2,1-8H3;/q;;+2/p-2. The third-order valence-electron chi connectivity index (χ3n) is 8.78. The Labute approximate surface area is 310 Å². The molecular formula is C42H62FeN4O2. The molecule has 4 rings (SSSR count). The van der Waals surface area contributed by atoms with E-state index in [0.717, 1.165) is 22.3 Å². The molecule has 0 saturated heterocycles. The Bertz CT molecular complexity index is 1350. The van der Waals surface area contributed by atoms with Crippen LogP contribution in [0, 0.1) is 13.3 Å². The maximum Gasteiger partial charge on any atom is 2.00 e. The third kappa shape index (κ3) is 11.1. The van der Waals surface area contributed by atoms with Crippen molar-refractivity contribution in [1.82, 2.24) is 19.6 Å². The molecule has 0 atom stereocenters. The normalized spacial score (nSPS) is 15.4. The Morgan fingerprint density at radius 1 is 0.510 bits per heavy atom. The van der Waals surface area contributed by atoms with E-state index in [2.05, 4.69) is 148 Å². The maximum absolute atomic E-state index is 13.0. The fourth-order valence-electron chi connectivity index (χ4n) is 5.45. The van der Waals surface area contributed by atoms with E-state index in [4.69, 9.17) is 0 Å². The minimum atomic E-state index is -0.161. The van der Waals surface area contributed by atoms with E-state index in [0.29, 0.717) is 25.2 Å². The average Bonchev–Trinajstić information content (AvgIpc) is 3.59. The van der Waals surface area contributed by atoms with Crippen molar-refractivity contribution >= 4 is 0 Å². The first-order valence-electron chi connectivity index (χ1n) is 17.5. The molecule has 2 heterocycles. The summed E-state index contributed by atoms with van der Waals surface area (Å²) in [5.74, 6) is 0.322. The second kappa shape index (κ2) is 15.6. The van der Waals surface area contributed by atoms with E-state index in [-0.39, 0.29) is 50.2 Å². The second-order valence-corrected chi connectivity index (χ2v) is 18.1. The van der Waals surface area contributed by atoms with Gasteiger partial charge in [-0.25, -0.2) is 0 Å². The van der Waals surface area contributed by atoms with Gasteiger partial charge in [0.15, 0.2) is 0 Å². The van der Waals surface area contributed by atoms with Crippen molar-refractivity contribution in [2.24, 2.45) is 0 Å². The quantitative estimate of drug-likeness (QED) is 0.280. The summed E-state index contributed by atoms with van der Waals surface area (Å²) >= 11 is 0. The topological polar surface area (TPSA) is 59.1 Å². The van der Waals surface area contributed by atoms with Crippen molar-refractivity contribution in [3.8, 4) is 11.5 Å². The molecule has 4 radical (unpaired) electrons. The van der Waals surface area contributed by atoms with Crippen molar-refractivity contribution in [3.05, 3.63) is 95.8 Å². The number of nitrogens with zero attached hydrogens (tertiary/aromatic N) is 4. The van der Waals surface area contributed by atoms with Gasteiger partial charge < -0.3 is 29.8 Å². The smallest absolute Gasteiger partial charge is 0.872 e. The van der Waals surface area contributed by atoms with Crippen LogP contribution in [0.4, 0.5) is 0 Å². The molecule has 0 amide bonds. The molecule has 0 unspecified atom stereocenters. The summed E-state index contributed by atoms with van der Waals surface area (Å²) in [4.78, 5) is 8.00. The molecule has 7 heteroatoms. The summed E-state index contributed by atoms with van der Waals surface area (Å²) in [5, 5.41) is 26.0. The molecule has 0 N–H and O–H groups in total. The molecule has 0 aliphatic carbocycles. The van der Waals surface area contributed by atoms with Crippen LogP contribution in [0.1, 0.15) is 144 Å². The molecule has 0 spiro atoms. The van der Waals surface area contributed by atoms with Crippen molar-refractivity contribution in [2.75, 3.05) is 0 Å². The average molecular weight is 711 g/mol. The number of rotatable bonds is 6. The van der Waals surface area contributed by atoms with Gasteiger partial charge in [0.25, 0.3) is 0 Å². The van der Waals surface area contributed by atoms with Crippen molar-refractivity contribution in [3.63, 3.8) is 0 Å². The Kier molecular flexibility index (Phi) is 13.5. The van der Waals surface area contributed by atoms with Gasteiger partial charge in [0, 0.05) is 50.0 Å². The summed E-state index contributed by atoms with van der Waals surface area (Å²) in [5.41, 5.74) is 5.61. The second-order valence-electron chi connectivity index (χ2n) is 18.1. The van der Waals surface area contributed by atoms with Crippen LogP contribution in [-0.2, 0) is 51.8 Å². The molecule has 270 valence electrons. The SMILES string of the molecule is CC(C)N1[C]N(Cc2cc(C(C)(C)C)cc(C(C)(C)C)c2[O-])C=C1.CC(C)N1[C]N(Cc2cc(C(C)(C)C)cc(C(C)(C)C)c2[O-])C=C1.[Fe+2]. The molecule has 2 aromatic rings. The number of hydrogen-bond acceptors (Lipinski definition) is 6. The van der Waals surface area contributed by atoms with Crippen molar-refractivity contribution in [2.45, 2.75) is 158 Å². The van der Waals surface area contributed by atoms with Gasteiger partial charge in [-0.05, 0) is 82.7 Å². The summed E-state index contributed by atoms with van der Waals surface area (Å²) in [6.45, 7) is 42.0. The molecule has 0 fully saturated rings. The fourth-order valence-corrected chi connectivity index (χ4v) is 5.45. The summed E-state index contributed by atoms with van der Waals surface area (Å²) in [6.07, 6.45) is 7.99. The minimum absolute atomic E-state index is 0. The van der Waals surface area contributed by atoms with E-state index < -0.39 is 0 Å². The zero-order valence-corrected chi connectivity index (χ0v) is 34.3. The molecule has 49 heavy (non-hydrogen) atoms. The van der Waals surface area contributed by atoms with Crippen LogP contribution >= 0.6 is 0 Å². The Morgan fingerprint density at radius 3 is 1.04 bits per heavy atom. The predicted molar refractivity (Wildman–Crippen MR) is 196 cm³/mol. The largest absolute Gasteiger partial charge is 2.00 e. The monoisotopic (exact) mass is 710 g/mol. The molecule has 0 saturated carbocycles. The maximum atomic E-state index is 13.0. The van der Waals surface area contributed by atoms with E-state index in [1.165, 1.54) is 11.1 Å². The van der Waals surface area contributed by atoms with Crippen LogP contribution in [0.5, 0.6) is 11.5 Å². The van der Waals surface area contributed by atoms with Crippen LogP contribution in [0.3, 0.4) is 0 Å². The molecule has 2 aromatic carbocycles. The van der Waals surface area contributed by atoms with Crippen LogP contribution in [-0.4, -0.2) is 31.7 Å². The van der Waals surface area contributed by atoms with Crippen LogP contribution in [0.15, 0.2) is 49.1 Å². The summed E-state index contributed by atoms with van der Waals surface area (Å²) in [7, 11) is 0. The molecular weight excluding hydrogens is 648 g/mol. The zero-order valence-electron chi connectivity index (χ0n) is 33.1. The fraction of sp³-hybridized carbons (Fsp3) is 0.571. The summed E-state index contributed by atoms with van der Waals surface area (Å²) < 4.78 is 0. The van der Waals surface area contributed by atoms with Gasteiger partial charge in [-0.15, -0.1) is 11.5 Å². The third-order valence-corrected chi connectivity index (χ3v) is 8.78. The zero-order chi connectivity index (χ0) is 36.6. The number of hydrogen-bond donors (Lipinski definition) is 0. The van der Waals surface area contributed by atoms with E-state index >= 15 is 0 Å². The van der Waals surface area contributed by atoms with Gasteiger partial charge in [-0.1, -0.05) is 107 Å². The van der Waals surface area contributed by atoms with Crippen molar-refractivity contribution < 1.29 is 27.3 Å². The van der Waals surface area contributed by atoms with Gasteiger partial charge in [0.05, 0.1) is 0 Å². The predicted octanol–water partition coefficient (Wildman–Crippen LogP) is 8.69. The molecule has 0 bridgehead atoms. The van der Waals surface area contributed by atoms with Crippen LogP contribution < -0.4 is 10.2 Å².